The summed E-state index contributed by atoms with van der Waals surface area (Å²) in [7, 11) is 0. The molecular weight excluding hydrogens is 456 g/mol. The summed E-state index contributed by atoms with van der Waals surface area (Å²) in [5, 5.41) is 13.8. The molecular formula is C25H25ClN4O2S. The number of aromatic nitrogens is 2. The predicted octanol–water partition coefficient (Wildman–Crippen LogP) is 4.79. The van der Waals surface area contributed by atoms with Crippen LogP contribution in [0.25, 0.3) is 10.9 Å². The molecule has 1 saturated carbocycles. The lowest BCUT2D eigenvalue weighted by Crippen LogP contribution is -2.34. The summed E-state index contributed by atoms with van der Waals surface area (Å²) in [6, 6.07) is 16.9. The van der Waals surface area contributed by atoms with E-state index in [9.17, 15) is 9.59 Å². The van der Waals surface area contributed by atoms with E-state index in [-0.39, 0.29) is 23.1 Å². The Morgan fingerprint density at radius 3 is 2.64 bits per heavy atom. The minimum absolute atomic E-state index is 0.0253. The zero-order chi connectivity index (χ0) is 23.2. The molecule has 0 aliphatic heterocycles. The molecule has 33 heavy (non-hydrogen) atoms. The summed E-state index contributed by atoms with van der Waals surface area (Å²) >= 11 is 7.47. The van der Waals surface area contributed by atoms with Crippen molar-refractivity contribution in [1.82, 2.24) is 14.9 Å². The molecule has 1 N–H and O–H groups in total. The first kappa shape index (κ1) is 23.3. The molecule has 3 aromatic rings. The molecule has 1 amide bonds. The molecule has 0 saturated heterocycles. The van der Waals surface area contributed by atoms with E-state index in [4.69, 9.17) is 16.9 Å². The van der Waals surface area contributed by atoms with Gasteiger partial charge in [0.2, 0.25) is 5.91 Å². The molecule has 0 bridgehead atoms. The lowest BCUT2D eigenvalue weighted by molar-refractivity contribution is -0.126. The van der Waals surface area contributed by atoms with Gasteiger partial charge in [0.15, 0.2) is 5.16 Å². The maximum Gasteiger partial charge on any atom is 0.262 e. The molecule has 1 aromatic heterocycles. The summed E-state index contributed by atoms with van der Waals surface area (Å²) in [6.45, 7) is 0.981. The minimum Gasteiger partial charge on any atom is -0.352 e. The van der Waals surface area contributed by atoms with Crippen LogP contribution in [-0.4, -0.2) is 21.2 Å². The molecule has 0 atom stereocenters. The van der Waals surface area contributed by atoms with Crippen molar-refractivity contribution in [2.24, 2.45) is 11.8 Å². The smallest absolute Gasteiger partial charge is 0.262 e. The molecule has 170 valence electrons. The van der Waals surface area contributed by atoms with Crippen molar-refractivity contribution in [2.75, 3.05) is 5.75 Å². The Hall–Kier alpha value is -2.82. The van der Waals surface area contributed by atoms with Crippen LogP contribution in [0.1, 0.15) is 31.2 Å². The third-order valence-electron chi connectivity index (χ3n) is 6.16. The van der Waals surface area contributed by atoms with Crippen molar-refractivity contribution >= 4 is 40.2 Å². The van der Waals surface area contributed by atoms with Crippen LogP contribution in [0.15, 0.2) is 58.5 Å². The summed E-state index contributed by atoms with van der Waals surface area (Å²) in [4.78, 5) is 30.5. The van der Waals surface area contributed by atoms with E-state index in [0.717, 1.165) is 31.2 Å². The molecule has 6 nitrogen and oxygen atoms in total. The van der Waals surface area contributed by atoms with Crippen LogP contribution in [0.3, 0.4) is 0 Å². The Morgan fingerprint density at radius 2 is 1.88 bits per heavy atom. The van der Waals surface area contributed by atoms with E-state index in [1.807, 2.05) is 42.5 Å². The summed E-state index contributed by atoms with van der Waals surface area (Å²) < 4.78 is 1.72. The highest BCUT2D eigenvalue weighted by Crippen LogP contribution is 2.31. The van der Waals surface area contributed by atoms with Crippen LogP contribution in [0.4, 0.5) is 0 Å². The number of nitrogens with one attached hydrogen (secondary N) is 1. The second-order valence-electron chi connectivity index (χ2n) is 8.30. The van der Waals surface area contributed by atoms with Gasteiger partial charge in [-0.2, -0.15) is 5.26 Å². The molecule has 4 rings (SSSR count). The lowest BCUT2D eigenvalue weighted by atomic mass is 9.81. The number of halogens is 1. The number of carbonyl (C=O) groups excluding carboxylic acids is 1. The average Bonchev–Trinajstić information content (AvgIpc) is 2.84. The molecule has 8 heteroatoms. The van der Waals surface area contributed by atoms with E-state index in [1.54, 1.807) is 10.6 Å². The maximum atomic E-state index is 13.2. The third-order valence-corrected chi connectivity index (χ3v) is 7.37. The predicted molar refractivity (Wildman–Crippen MR) is 131 cm³/mol. The van der Waals surface area contributed by atoms with Gasteiger partial charge < -0.3 is 5.32 Å². The van der Waals surface area contributed by atoms with Crippen molar-refractivity contribution in [2.45, 2.75) is 43.9 Å². The van der Waals surface area contributed by atoms with Gasteiger partial charge in [-0.25, -0.2) is 4.98 Å². The first-order chi connectivity index (χ1) is 16.1. The van der Waals surface area contributed by atoms with Gasteiger partial charge in [-0.1, -0.05) is 53.7 Å². The molecule has 1 fully saturated rings. The van der Waals surface area contributed by atoms with Crippen LogP contribution in [0.5, 0.6) is 0 Å². The van der Waals surface area contributed by atoms with E-state index in [2.05, 4.69) is 16.4 Å². The highest BCUT2D eigenvalue weighted by molar-refractivity contribution is 7.99. The van der Waals surface area contributed by atoms with Crippen LogP contribution in [-0.2, 0) is 17.9 Å². The highest BCUT2D eigenvalue weighted by Gasteiger charge is 2.27. The Labute approximate surface area is 202 Å². The number of benzene rings is 2. The first-order valence-corrected chi connectivity index (χ1v) is 12.4. The second kappa shape index (κ2) is 10.9. The van der Waals surface area contributed by atoms with Gasteiger partial charge in [0.25, 0.3) is 5.56 Å². The van der Waals surface area contributed by atoms with E-state index in [1.165, 1.54) is 11.8 Å². The molecule has 1 aliphatic carbocycles. The number of hydrogen-bond acceptors (Lipinski definition) is 5. The average molecular weight is 481 g/mol. The fraction of sp³-hybridized carbons (Fsp3) is 0.360. The Kier molecular flexibility index (Phi) is 7.69. The van der Waals surface area contributed by atoms with Crippen LogP contribution in [0, 0.1) is 23.2 Å². The zero-order valence-corrected chi connectivity index (χ0v) is 19.7. The molecule has 0 unspecified atom stereocenters. The van der Waals surface area contributed by atoms with Gasteiger partial charge >= 0.3 is 0 Å². The van der Waals surface area contributed by atoms with Gasteiger partial charge in [-0.05, 0) is 55.4 Å². The summed E-state index contributed by atoms with van der Waals surface area (Å²) in [5.41, 5.74) is 1.49. The minimum atomic E-state index is -0.0688. The number of nitrogens with zero attached hydrogens (tertiary/aromatic N) is 3. The first-order valence-electron chi connectivity index (χ1n) is 11.1. The summed E-state index contributed by atoms with van der Waals surface area (Å²) in [5.74, 6) is 0.564. The fourth-order valence-electron chi connectivity index (χ4n) is 4.35. The number of hydrogen-bond donors (Lipinski definition) is 1. The molecule has 0 radical (unpaired) electrons. The normalized spacial score (nSPS) is 18.1. The number of nitriles is 1. The maximum absolute atomic E-state index is 13.2. The van der Waals surface area contributed by atoms with Crippen LogP contribution < -0.4 is 10.9 Å². The third kappa shape index (κ3) is 5.58. The Bertz CT molecular complexity index is 1250. The fourth-order valence-corrected chi connectivity index (χ4v) is 5.22. The standard InChI is InChI=1S/C25H25ClN4O2S/c26-21-7-3-1-5-19(21)15-28-23(31)18-11-9-17(10-12-18)16-30-24(32)20-6-2-4-8-22(20)29-25(30)33-14-13-27/h1-8,17-18H,9-12,14-16H2,(H,28,31). The molecule has 1 heterocycles. The van der Waals surface area contributed by atoms with Crippen molar-refractivity contribution in [3.8, 4) is 6.07 Å². The number of thioether (sulfide) groups is 1. The van der Waals surface area contributed by atoms with Crippen molar-refractivity contribution in [1.29, 1.82) is 5.26 Å². The van der Waals surface area contributed by atoms with Crippen molar-refractivity contribution in [3.63, 3.8) is 0 Å². The molecule has 2 aromatic carbocycles. The Balaban J connectivity index is 1.40. The number of para-hydroxylation sites is 1. The molecule has 1 aliphatic rings. The monoisotopic (exact) mass is 480 g/mol. The number of amides is 1. The van der Waals surface area contributed by atoms with Gasteiger partial charge in [0.05, 0.1) is 22.7 Å². The van der Waals surface area contributed by atoms with Crippen molar-refractivity contribution in [3.05, 3.63) is 69.5 Å². The number of rotatable bonds is 7. The quantitative estimate of drug-likeness (QED) is 0.388. The number of carbonyl (C=O) groups is 1. The van der Waals surface area contributed by atoms with Gasteiger partial charge in [-0.3, -0.25) is 14.2 Å². The number of fused-ring (bicyclic) bond motifs is 1. The Morgan fingerprint density at radius 1 is 1.15 bits per heavy atom. The molecule has 0 spiro atoms. The van der Waals surface area contributed by atoms with Crippen molar-refractivity contribution < 1.29 is 4.79 Å². The highest BCUT2D eigenvalue weighted by atomic mass is 35.5. The van der Waals surface area contributed by atoms with Gasteiger partial charge in [0, 0.05) is 24.0 Å². The van der Waals surface area contributed by atoms with Gasteiger partial charge in [0.1, 0.15) is 0 Å². The van der Waals surface area contributed by atoms with Crippen LogP contribution >= 0.6 is 23.4 Å². The van der Waals surface area contributed by atoms with E-state index >= 15 is 0 Å². The van der Waals surface area contributed by atoms with E-state index < -0.39 is 0 Å². The SMILES string of the molecule is N#CCSc1nc2ccccc2c(=O)n1CC1CCC(C(=O)NCc2ccccc2Cl)CC1. The summed E-state index contributed by atoms with van der Waals surface area (Å²) in [6.07, 6.45) is 3.31. The second-order valence-corrected chi connectivity index (χ2v) is 9.65. The van der Waals surface area contributed by atoms with Gasteiger partial charge in [-0.15, -0.1) is 0 Å². The lowest BCUT2D eigenvalue weighted by Gasteiger charge is -2.28. The van der Waals surface area contributed by atoms with E-state index in [0.29, 0.717) is 40.1 Å². The van der Waals surface area contributed by atoms with Crippen LogP contribution in [0.2, 0.25) is 5.02 Å². The topological polar surface area (TPSA) is 87.8 Å². The zero-order valence-electron chi connectivity index (χ0n) is 18.2. The largest absolute Gasteiger partial charge is 0.352 e.